The molecule has 1 atom stereocenters. The maximum absolute atomic E-state index is 2.31. The Morgan fingerprint density at radius 3 is 2.62 bits per heavy atom. The van der Waals surface area contributed by atoms with Gasteiger partial charge in [-0.05, 0) is 17.5 Å². The van der Waals surface area contributed by atoms with Gasteiger partial charge in [-0.15, -0.1) is 6.08 Å². The van der Waals surface area contributed by atoms with Gasteiger partial charge in [0, 0.05) is 4.90 Å². The van der Waals surface area contributed by atoms with E-state index in [2.05, 4.69) is 42.2 Å². The smallest absolute Gasteiger partial charge is 0.326 e. The van der Waals surface area contributed by atoms with Crippen LogP contribution < -0.4 is 18.9 Å². The van der Waals surface area contributed by atoms with E-state index in [-0.39, 0.29) is 18.9 Å². The normalized spacial score (nSPS) is 19.8. The first kappa shape index (κ1) is 11.0. The molecule has 2 heteroatoms. The van der Waals surface area contributed by atoms with Gasteiger partial charge in [0.1, 0.15) is 0 Å². The van der Waals surface area contributed by atoms with E-state index in [9.17, 15) is 0 Å². The van der Waals surface area contributed by atoms with E-state index in [4.69, 9.17) is 0 Å². The summed E-state index contributed by atoms with van der Waals surface area (Å²) < 4.78 is 0. The third-order valence-corrected chi connectivity index (χ3v) is 2.62. The molecular weight excluding hydrogens is 171 g/mol. The van der Waals surface area contributed by atoms with Gasteiger partial charge in [-0.3, -0.25) is 0 Å². The second kappa shape index (κ2) is 5.60. The molecule has 1 aromatic carbocycles. The van der Waals surface area contributed by atoms with Gasteiger partial charge in [-0.1, -0.05) is 30.0 Å². The molecule has 1 fully saturated rings. The number of allylic oxidation sites excluding steroid dienone is 1. The summed E-state index contributed by atoms with van der Waals surface area (Å²) in [6, 6.07) is 10.4. The first-order chi connectivity index (χ1) is 5.95. The van der Waals surface area contributed by atoms with Crippen molar-refractivity contribution < 1.29 is 18.9 Å². The Morgan fingerprint density at radius 1 is 1.31 bits per heavy atom. The number of hydrogen-bond acceptors (Lipinski definition) is 1. The summed E-state index contributed by atoms with van der Waals surface area (Å²) in [7, 11) is 0. The van der Waals surface area contributed by atoms with Gasteiger partial charge in [0.15, 0.2) is 0 Å². The van der Waals surface area contributed by atoms with Crippen molar-refractivity contribution in [2.75, 3.05) is 0 Å². The Bertz CT molecular complexity index is 265. The molecule has 0 nitrogen and oxygen atoms in total. The predicted molar refractivity (Wildman–Crippen MR) is 53.8 cm³/mol. The average Bonchev–Trinajstić information content (AvgIpc) is 2.90. The molecule has 0 heterocycles. The van der Waals surface area contributed by atoms with E-state index in [1.807, 2.05) is 6.07 Å². The van der Waals surface area contributed by atoms with Crippen molar-refractivity contribution in [2.45, 2.75) is 11.3 Å². The summed E-state index contributed by atoms with van der Waals surface area (Å²) in [4.78, 5) is 1.31. The van der Waals surface area contributed by atoms with E-state index in [0.29, 0.717) is 0 Å². The standard InChI is InChI=1S/C11H11S.Li/c1-2-4-11(5-3-1)12-9-8-10-6-7-10;/h1-6,8-10H,7H2;/q-1;+1. The van der Waals surface area contributed by atoms with E-state index < -0.39 is 0 Å². The summed E-state index contributed by atoms with van der Waals surface area (Å²) >= 11 is 1.79. The minimum atomic E-state index is 0. The van der Waals surface area contributed by atoms with Crippen LogP contribution in [-0.2, 0) is 0 Å². The zero-order valence-corrected chi connectivity index (χ0v) is 8.63. The van der Waals surface area contributed by atoms with Crippen molar-refractivity contribution in [3.05, 3.63) is 48.2 Å². The molecule has 1 aliphatic carbocycles. The van der Waals surface area contributed by atoms with Gasteiger partial charge in [0.2, 0.25) is 0 Å². The summed E-state index contributed by atoms with van der Waals surface area (Å²) in [5.74, 6) is 0.765. The van der Waals surface area contributed by atoms with Crippen LogP contribution in [0.1, 0.15) is 6.42 Å². The van der Waals surface area contributed by atoms with Crippen molar-refractivity contribution in [2.24, 2.45) is 5.92 Å². The van der Waals surface area contributed by atoms with Crippen LogP contribution in [0.25, 0.3) is 0 Å². The number of benzene rings is 1. The molecule has 0 aliphatic heterocycles. The largest absolute Gasteiger partial charge is 1.00 e. The molecule has 0 radical (unpaired) electrons. The maximum Gasteiger partial charge on any atom is 1.00 e. The fraction of sp³-hybridized carbons (Fsp3) is 0.182. The zero-order chi connectivity index (χ0) is 8.23. The second-order valence-electron chi connectivity index (χ2n) is 2.89. The van der Waals surface area contributed by atoms with Gasteiger partial charge < -0.3 is 6.42 Å². The summed E-state index contributed by atoms with van der Waals surface area (Å²) in [5, 5.41) is 2.18. The van der Waals surface area contributed by atoms with Crippen molar-refractivity contribution >= 4 is 11.8 Å². The molecule has 62 valence electrons. The molecule has 1 unspecified atom stereocenters. The summed E-state index contributed by atoms with van der Waals surface area (Å²) in [6.07, 6.45) is 5.84. The Balaban J connectivity index is 0.000000845. The molecular formula is C11H11LiS. The van der Waals surface area contributed by atoms with Gasteiger partial charge >= 0.3 is 18.9 Å². The number of thioether (sulfide) groups is 1. The van der Waals surface area contributed by atoms with Gasteiger partial charge in [0.25, 0.3) is 0 Å². The van der Waals surface area contributed by atoms with Crippen LogP contribution >= 0.6 is 11.8 Å². The van der Waals surface area contributed by atoms with Crippen LogP contribution in [-0.4, -0.2) is 0 Å². The molecule has 0 N–H and O–H groups in total. The van der Waals surface area contributed by atoms with Crippen molar-refractivity contribution in [3.63, 3.8) is 0 Å². The van der Waals surface area contributed by atoms with E-state index in [1.54, 1.807) is 11.8 Å². The minimum absolute atomic E-state index is 0. The van der Waals surface area contributed by atoms with E-state index in [0.717, 1.165) is 5.92 Å². The van der Waals surface area contributed by atoms with Crippen LogP contribution in [0, 0.1) is 12.3 Å². The Kier molecular flexibility index (Phi) is 4.73. The maximum atomic E-state index is 2.31. The second-order valence-corrected chi connectivity index (χ2v) is 3.87. The molecule has 0 spiro atoms. The van der Waals surface area contributed by atoms with Gasteiger partial charge in [-0.25, -0.2) is 6.42 Å². The Hall–Kier alpha value is -0.0926. The third-order valence-electron chi connectivity index (χ3n) is 1.78. The minimum Gasteiger partial charge on any atom is -0.326 e. The summed E-state index contributed by atoms with van der Waals surface area (Å²) in [6.45, 7) is 0. The fourth-order valence-corrected chi connectivity index (χ4v) is 1.71. The van der Waals surface area contributed by atoms with Crippen LogP contribution in [0.15, 0.2) is 46.7 Å². The van der Waals surface area contributed by atoms with Gasteiger partial charge in [0.05, 0.1) is 0 Å². The van der Waals surface area contributed by atoms with Crippen LogP contribution in [0.4, 0.5) is 0 Å². The predicted octanol–water partition coefficient (Wildman–Crippen LogP) is 0.521. The first-order valence-electron chi connectivity index (χ1n) is 4.17. The van der Waals surface area contributed by atoms with E-state index in [1.165, 1.54) is 11.3 Å². The molecule has 2 rings (SSSR count). The van der Waals surface area contributed by atoms with E-state index >= 15 is 0 Å². The zero-order valence-electron chi connectivity index (χ0n) is 7.81. The SMILES string of the molecule is C(=CC1[CH-]C1)Sc1ccccc1.[Li+]. The number of rotatable bonds is 3. The van der Waals surface area contributed by atoms with Crippen LogP contribution in [0.3, 0.4) is 0 Å². The van der Waals surface area contributed by atoms with Crippen molar-refractivity contribution in [3.8, 4) is 0 Å². The summed E-state index contributed by atoms with van der Waals surface area (Å²) in [5.41, 5.74) is 0. The molecule has 1 aromatic rings. The molecule has 0 aromatic heterocycles. The third kappa shape index (κ3) is 4.09. The Labute approximate surface area is 96.0 Å². The van der Waals surface area contributed by atoms with Gasteiger partial charge in [-0.2, -0.15) is 5.92 Å². The Morgan fingerprint density at radius 2 is 2.00 bits per heavy atom. The topological polar surface area (TPSA) is 0 Å². The quantitative estimate of drug-likeness (QED) is 0.373. The molecule has 0 amide bonds. The molecule has 0 saturated heterocycles. The van der Waals surface area contributed by atoms with Crippen molar-refractivity contribution in [1.82, 2.24) is 0 Å². The average molecular weight is 182 g/mol. The molecule has 13 heavy (non-hydrogen) atoms. The monoisotopic (exact) mass is 182 g/mol. The molecule has 1 aliphatic rings. The molecule has 0 bridgehead atoms. The molecule has 1 saturated carbocycles. The fourth-order valence-electron chi connectivity index (χ4n) is 0.954. The number of hydrogen-bond donors (Lipinski definition) is 0. The van der Waals surface area contributed by atoms with Crippen LogP contribution in [0.5, 0.6) is 0 Å². The van der Waals surface area contributed by atoms with Crippen LogP contribution in [0.2, 0.25) is 0 Å². The first-order valence-corrected chi connectivity index (χ1v) is 5.05. The van der Waals surface area contributed by atoms with Crippen molar-refractivity contribution in [1.29, 1.82) is 0 Å².